The average molecular weight is 264 g/mol. The number of hydrogen-bond acceptors (Lipinski definition) is 3. The lowest BCUT2D eigenvalue weighted by Crippen LogP contribution is -2.23. The number of amides is 1. The highest BCUT2D eigenvalue weighted by Gasteiger charge is 2.23. The van der Waals surface area contributed by atoms with E-state index in [0.717, 1.165) is 37.4 Å². The summed E-state index contributed by atoms with van der Waals surface area (Å²) in [4.78, 5) is 12.0. The molecule has 0 saturated carbocycles. The van der Waals surface area contributed by atoms with Crippen molar-refractivity contribution in [1.82, 2.24) is 5.32 Å². The zero-order valence-electron chi connectivity index (χ0n) is 10.7. The van der Waals surface area contributed by atoms with Gasteiger partial charge in [-0.05, 0) is 42.8 Å². The number of anilines is 1. The first-order valence-corrected chi connectivity index (χ1v) is 7.56. The summed E-state index contributed by atoms with van der Waals surface area (Å²) in [7, 11) is 0. The molecule has 4 heteroatoms. The molecular formula is C14H20N2OS. The lowest BCUT2D eigenvalue weighted by atomic mass is 10.2. The lowest BCUT2D eigenvalue weighted by Gasteiger charge is -2.11. The van der Waals surface area contributed by atoms with Crippen LogP contribution in [-0.4, -0.2) is 23.5 Å². The number of nitrogens with one attached hydrogen (secondary N) is 2. The summed E-state index contributed by atoms with van der Waals surface area (Å²) in [6, 6.07) is 8.06. The molecule has 0 radical (unpaired) electrons. The third kappa shape index (κ3) is 3.75. The van der Waals surface area contributed by atoms with Crippen molar-refractivity contribution in [2.75, 3.05) is 17.6 Å². The van der Waals surface area contributed by atoms with Gasteiger partial charge >= 0.3 is 0 Å². The molecule has 98 valence electrons. The van der Waals surface area contributed by atoms with Crippen LogP contribution >= 0.6 is 11.8 Å². The Morgan fingerprint density at radius 2 is 2.39 bits per heavy atom. The molecule has 2 rings (SSSR count). The Hall–Kier alpha value is -1.00. The van der Waals surface area contributed by atoms with Crippen molar-refractivity contribution in [1.29, 1.82) is 0 Å². The fourth-order valence-electron chi connectivity index (χ4n) is 2.04. The smallest absolute Gasteiger partial charge is 0.237 e. The maximum Gasteiger partial charge on any atom is 0.237 e. The van der Waals surface area contributed by atoms with E-state index in [0.29, 0.717) is 0 Å². The van der Waals surface area contributed by atoms with Gasteiger partial charge in [0.05, 0.1) is 5.25 Å². The maximum atomic E-state index is 12.0. The summed E-state index contributed by atoms with van der Waals surface area (Å²) in [6.07, 6.45) is 2.16. The Morgan fingerprint density at radius 1 is 1.50 bits per heavy atom. The highest BCUT2D eigenvalue weighted by molar-refractivity contribution is 8.00. The molecule has 0 aromatic heterocycles. The quantitative estimate of drug-likeness (QED) is 0.859. The third-order valence-electron chi connectivity index (χ3n) is 3.00. The van der Waals surface area contributed by atoms with E-state index in [4.69, 9.17) is 0 Å². The van der Waals surface area contributed by atoms with Crippen LogP contribution in [0.25, 0.3) is 0 Å². The molecule has 1 fully saturated rings. The predicted molar refractivity (Wildman–Crippen MR) is 77.9 cm³/mol. The van der Waals surface area contributed by atoms with Crippen LogP contribution in [0.4, 0.5) is 5.69 Å². The van der Waals surface area contributed by atoms with Crippen LogP contribution < -0.4 is 10.6 Å². The molecular weight excluding hydrogens is 244 g/mol. The molecule has 0 spiro atoms. The van der Waals surface area contributed by atoms with Crippen LogP contribution in [0.3, 0.4) is 0 Å². The van der Waals surface area contributed by atoms with Gasteiger partial charge in [-0.1, -0.05) is 19.1 Å². The van der Waals surface area contributed by atoms with E-state index < -0.39 is 0 Å². The third-order valence-corrected chi connectivity index (χ3v) is 4.37. The monoisotopic (exact) mass is 264 g/mol. The van der Waals surface area contributed by atoms with Crippen molar-refractivity contribution in [3.63, 3.8) is 0 Å². The van der Waals surface area contributed by atoms with E-state index >= 15 is 0 Å². The van der Waals surface area contributed by atoms with Gasteiger partial charge in [-0.25, -0.2) is 0 Å². The van der Waals surface area contributed by atoms with Crippen molar-refractivity contribution < 1.29 is 4.79 Å². The lowest BCUT2D eigenvalue weighted by molar-refractivity contribution is -0.115. The van der Waals surface area contributed by atoms with E-state index in [2.05, 4.69) is 23.6 Å². The molecule has 1 aliphatic heterocycles. The van der Waals surface area contributed by atoms with Gasteiger partial charge in [-0.3, -0.25) is 4.79 Å². The van der Waals surface area contributed by atoms with Crippen LogP contribution in [0, 0.1) is 0 Å². The zero-order chi connectivity index (χ0) is 12.8. The average Bonchev–Trinajstić information content (AvgIpc) is 2.91. The molecule has 1 heterocycles. The molecule has 2 N–H and O–H groups in total. The molecule has 18 heavy (non-hydrogen) atoms. The standard InChI is InChI=1S/C14H20N2OS/c1-2-15-10-11-5-3-6-12(9-11)16-14(17)13-7-4-8-18-13/h3,5-6,9,13,15H,2,4,7-8,10H2,1H3,(H,16,17). The van der Waals surface area contributed by atoms with Gasteiger partial charge in [0, 0.05) is 12.2 Å². The molecule has 1 unspecified atom stereocenters. The number of rotatable bonds is 5. The minimum atomic E-state index is 0.141. The number of carbonyl (C=O) groups is 1. The number of hydrogen-bond donors (Lipinski definition) is 2. The van der Waals surface area contributed by atoms with Crippen molar-refractivity contribution in [3.05, 3.63) is 29.8 Å². The second-order valence-corrected chi connectivity index (χ2v) is 5.78. The number of thioether (sulfide) groups is 1. The van der Waals surface area contributed by atoms with Gasteiger partial charge in [-0.2, -0.15) is 0 Å². The minimum Gasteiger partial charge on any atom is -0.325 e. The Labute approximate surface area is 113 Å². The first-order valence-electron chi connectivity index (χ1n) is 6.51. The van der Waals surface area contributed by atoms with E-state index in [-0.39, 0.29) is 11.2 Å². The van der Waals surface area contributed by atoms with Crippen molar-refractivity contribution in [2.24, 2.45) is 0 Å². The molecule has 1 aromatic carbocycles. The fraction of sp³-hybridized carbons (Fsp3) is 0.500. The van der Waals surface area contributed by atoms with Gasteiger partial charge in [0.2, 0.25) is 5.91 Å². The van der Waals surface area contributed by atoms with Gasteiger partial charge < -0.3 is 10.6 Å². The van der Waals surface area contributed by atoms with Crippen LogP contribution in [0.2, 0.25) is 0 Å². The SMILES string of the molecule is CCNCc1cccc(NC(=O)C2CCCS2)c1. The summed E-state index contributed by atoms with van der Waals surface area (Å²) in [5.74, 6) is 1.26. The maximum absolute atomic E-state index is 12.0. The number of carbonyl (C=O) groups excluding carboxylic acids is 1. The van der Waals surface area contributed by atoms with Gasteiger partial charge in [-0.15, -0.1) is 11.8 Å². The van der Waals surface area contributed by atoms with Crippen molar-refractivity contribution in [2.45, 2.75) is 31.6 Å². The highest BCUT2D eigenvalue weighted by Crippen LogP contribution is 2.27. The fourth-order valence-corrected chi connectivity index (χ4v) is 3.20. The van der Waals surface area contributed by atoms with Gasteiger partial charge in [0.1, 0.15) is 0 Å². The van der Waals surface area contributed by atoms with E-state index in [1.807, 2.05) is 18.2 Å². The first-order chi connectivity index (χ1) is 8.79. The Morgan fingerprint density at radius 3 is 3.11 bits per heavy atom. The molecule has 1 atom stereocenters. The summed E-state index contributed by atoms with van der Waals surface area (Å²) in [5.41, 5.74) is 2.11. The molecule has 1 saturated heterocycles. The summed E-state index contributed by atoms with van der Waals surface area (Å²) in [6.45, 7) is 3.89. The molecule has 0 bridgehead atoms. The van der Waals surface area contributed by atoms with E-state index in [1.165, 1.54) is 5.56 Å². The normalized spacial score (nSPS) is 18.8. The van der Waals surface area contributed by atoms with E-state index in [1.54, 1.807) is 11.8 Å². The van der Waals surface area contributed by atoms with Crippen LogP contribution in [0.5, 0.6) is 0 Å². The largest absolute Gasteiger partial charge is 0.325 e. The van der Waals surface area contributed by atoms with Crippen molar-refractivity contribution >= 4 is 23.4 Å². The Kier molecular flexibility index (Phi) is 5.08. The predicted octanol–water partition coefficient (Wildman–Crippen LogP) is 2.63. The second-order valence-electron chi connectivity index (χ2n) is 4.47. The summed E-state index contributed by atoms with van der Waals surface area (Å²) >= 11 is 1.76. The van der Waals surface area contributed by atoms with Gasteiger partial charge in [0.15, 0.2) is 0 Å². The minimum absolute atomic E-state index is 0.141. The van der Waals surface area contributed by atoms with Gasteiger partial charge in [0.25, 0.3) is 0 Å². The van der Waals surface area contributed by atoms with Crippen LogP contribution in [-0.2, 0) is 11.3 Å². The second kappa shape index (κ2) is 6.81. The molecule has 1 aromatic rings. The van der Waals surface area contributed by atoms with E-state index in [9.17, 15) is 4.79 Å². The number of benzene rings is 1. The summed E-state index contributed by atoms with van der Waals surface area (Å²) in [5, 5.41) is 6.44. The van der Waals surface area contributed by atoms with Crippen LogP contribution in [0.15, 0.2) is 24.3 Å². The summed E-state index contributed by atoms with van der Waals surface area (Å²) < 4.78 is 0. The highest BCUT2D eigenvalue weighted by atomic mass is 32.2. The Balaban J connectivity index is 1.93. The van der Waals surface area contributed by atoms with Crippen LogP contribution in [0.1, 0.15) is 25.3 Å². The molecule has 1 aliphatic rings. The molecule has 1 amide bonds. The van der Waals surface area contributed by atoms with Crippen molar-refractivity contribution in [3.8, 4) is 0 Å². The Bertz CT molecular complexity index is 403. The topological polar surface area (TPSA) is 41.1 Å². The first kappa shape index (κ1) is 13.4. The molecule has 0 aliphatic carbocycles. The zero-order valence-corrected chi connectivity index (χ0v) is 11.6. The molecule has 3 nitrogen and oxygen atoms in total.